The summed E-state index contributed by atoms with van der Waals surface area (Å²) in [6.07, 6.45) is 3.44. The Hall–Kier alpha value is -2.89. The average molecular weight is 328 g/mol. The minimum atomic E-state index is -0.493. The maximum atomic E-state index is 11.8. The molecule has 0 fully saturated rings. The van der Waals surface area contributed by atoms with Crippen molar-refractivity contribution in [1.82, 2.24) is 10.3 Å². The number of carbonyl (C=O) groups is 2. The molecule has 0 spiro atoms. The first-order chi connectivity index (χ1) is 11.6. The third kappa shape index (κ3) is 4.81. The summed E-state index contributed by atoms with van der Waals surface area (Å²) in [5, 5.41) is 2.64. The largest absolute Gasteiger partial charge is 0.462 e. The first-order valence-corrected chi connectivity index (χ1v) is 7.82. The molecule has 0 radical (unpaired) electrons. The molecular weight excluding hydrogens is 308 g/mol. The zero-order valence-electron chi connectivity index (χ0n) is 13.7. The second kappa shape index (κ2) is 8.67. The summed E-state index contributed by atoms with van der Waals surface area (Å²) in [5.41, 5.74) is 1.90. The van der Waals surface area contributed by atoms with E-state index >= 15 is 0 Å². The van der Waals surface area contributed by atoms with E-state index in [2.05, 4.69) is 10.3 Å². The molecule has 0 atom stereocenters. The number of ether oxygens (including phenoxy) is 2. The van der Waals surface area contributed by atoms with Gasteiger partial charge in [0.05, 0.1) is 12.2 Å². The summed E-state index contributed by atoms with van der Waals surface area (Å²) in [6, 6.07) is 8.73. The zero-order valence-corrected chi connectivity index (χ0v) is 13.7. The number of amides is 1. The van der Waals surface area contributed by atoms with Crippen molar-refractivity contribution in [2.24, 2.45) is 0 Å². The normalized spacial score (nSPS) is 10.1. The van der Waals surface area contributed by atoms with E-state index in [9.17, 15) is 9.59 Å². The van der Waals surface area contributed by atoms with Gasteiger partial charge in [-0.25, -0.2) is 9.59 Å². The predicted octanol–water partition coefficient (Wildman–Crippen LogP) is 3.42. The standard InChI is InChI=1S/C18H20N2O4/c1-3-8-20-18(22)24-16-7-5-6-13(10-16)14-9-15(12-19-11-14)17(21)23-4-2/h5-7,9-12H,3-4,8H2,1-2H3,(H,20,22). The van der Waals surface area contributed by atoms with Crippen LogP contribution in [0.2, 0.25) is 0 Å². The number of esters is 1. The van der Waals surface area contributed by atoms with Crippen molar-refractivity contribution in [2.75, 3.05) is 13.2 Å². The van der Waals surface area contributed by atoms with Crippen LogP contribution in [-0.2, 0) is 4.74 Å². The Bertz CT molecular complexity index is 716. The van der Waals surface area contributed by atoms with E-state index in [0.717, 1.165) is 17.5 Å². The van der Waals surface area contributed by atoms with Gasteiger partial charge in [-0.2, -0.15) is 0 Å². The fraction of sp³-hybridized carbons (Fsp3) is 0.278. The Kier molecular flexibility index (Phi) is 6.31. The molecule has 126 valence electrons. The van der Waals surface area contributed by atoms with Crippen molar-refractivity contribution >= 4 is 12.1 Å². The van der Waals surface area contributed by atoms with Crippen LogP contribution in [0.1, 0.15) is 30.6 Å². The van der Waals surface area contributed by atoms with Crippen LogP contribution in [0.4, 0.5) is 4.79 Å². The minimum Gasteiger partial charge on any atom is -0.462 e. The molecule has 0 saturated carbocycles. The van der Waals surface area contributed by atoms with Gasteiger partial charge in [0.15, 0.2) is 0 Å². The summed E-state index contributed by atoms with van der Waals surface area (Å²) in [7, 11) is 0. The van der Waals surface area contributed by atoms with Crippen LogP contribution in [0.3, 0.4) is 0 Å². The van der Waals surface area contributed by atoms with Crippen molar-refractivity contribution in [3.63, 3.8) is 0 Å². The van der Waals surface area contributed by atoms with Crippen LogP contribution in [0.25, 0.3) is 11.1 Å². The number of hydrogen-bond donors (Lipinski definition) is 1. The fourth-order valence-electron chi connectivity index (χ4n) is 2.03. The Balaban J connectivity index is 2.17. The van der Waals surface area contributed by atoms with Gasteiger partial charge in [0.25, 0.3) is 0 Å². The molecule has 1 amide bonds. The zero-order chi connectivity index (χ0) is 17.4. The lowest BCUT2D eigenvalue weighted by molar-refractivity contribution is 0.0526. The van der Waals surface area contributed by atoms with Crippen molar-refractivity contribution < 1.29 is 19.1 Å². The highest BCUT2D eigenvalue weighted by Crippen LogP contribution is 2.24. The van der Waals surface area contributed by atoms with E-state index < -0.39 is 12.1 Å². The fourth-order valence-corrected chi connectivity index (χ4v) is 2.03. The predicted molar refractivity (Wildman–Crippen MR) is 89.9 cm³/mol. The number of carbonyl (C=O) groups excluding carboxylic acids is 2. The first kappa shape index (κ1) is 17.5. The molecule has 0 aliphatic carbocycles. The van der Waals surface area contributed by atoms with Crippen molar-refractivity contribution in [3.05, 3.63) is 48.3 Å². The minimum absolute atomic E-state index is 0.305. The maximum absolute atomic E-state index is 11.8. The molecular formula is C18H20N2O4. The highest BCUT2D eigenvalue weighted by Gasteiger charge is 2.10. The van der Waals surface area contributed by atoms with Crippen LogP contribution < -0.4 is 10.1 Å². The highest BCUT2D eigenvalue weighted by atomic mass is 16.6. The van der Waals surface area contributed by atoms with Crippen LogP contribution in [0, 0.1) is 0 Å². The van der Waals surface area contributed by atoms with Crippen LogP contribution >= 0.6 is 0 Å². The molecule has 2 rings (SSSR count). The van der Waals surface area contributed by atoms with E-state index in [0.29, 0.717) is 24.5 Å². The molecule has 6 heteroatoms. The summed E-state index contributed by atoms with van der Waals surface area (Å²) in [6.45, 7) is 4.58. The SMILES string of the molecule is CCCNC(=O)Oc1cccc(-c2cncc(C(=O)OCC)c2)c1. The molecule has 6 nitrogen and oxygen atoms in total. The van der Waals surface area contributed by atoms with Gasteiger partial charge in [0.1, 0.15) is 5.75 Å². The summed E-state index contributed by atoms with van der Waals surface area (Å²) in [5.74, 6) is 0.000777. The molecule has 1 aromatic heterocycles. The Labute approximate surface area is 140 Å². The Morgan fingerprint density at radius 3 is 2.71 bits per heavy atom. The molecule has 0 aliphatic rings. The number of pyridine rings is 1. The molecule has 2 aromatic rings. The number of nitrogens with zero attached hydrogens (tertiary/aromatic N) is 1. The van der Waals surface area contributed by atoms with Crippen molar-refractivity contribution in [3.8, 4) is 16.9 Å². The van der Waals surface area contributed by atoms with E-state index in [-0.39, 0.29) is 0 Å². The van der Waals surface area contributed by atoms with Gasteiger partial charge in [0.2, 0.25) is 0 Å². The lowest BCUT2D eigenvalue weighted by atomic mass is 10.1. The van der Waals surface area contributed by atoms with Crippen LogP contribution in [0.5, 0.6) is 5.75 Å². The lowest BCUT2D eigenvalue weighted by Crippen LogP contribution is -2.27. The molecule has 0 bridgehead atoms. The molecule has 0 aliphatic heterocycles. The van der Waals surface area contributed by atoms with Crippen molar-refractivity contribution in [1.29, 1.82) is 0 Å². The number of nitrogens with one attached hydrogen (secondary N) is 1. The molecule has 1 N–H and O–H groups in total. The molecule has 0 unspecified atom stereocenters. The molecule has 0 saturated heterocycles. The number of benzene rings is 1. The second-order valence-corrected chi connectivity index (χ2v) is 5.03. The van der Waals surface area contributed by atoms with Gasteiger partial charge >= 0.3 is 12.1 Å². The number of aromatic nitrogens is 1. The van der Waals surface area contributed by atoms with E-state index in [4.69, 9.17) is 9.47 Å². The number of hydrogen-bond acceptors (Lipinski definition) is 5. The average Bonchev–Trinajstić information content (AvgIpc) is 2.60. The van der Waals surface area contributed by atoms with E-state index in [1.165, 1.54) is 6.20 Å². The Morgan fingerprint density at radius 1 is 1.12 bits per heavy atom. The molecule has 1 aromatic carbocycles. The van der Waals surface area contributed by atoms with Gasteiger partial charge in [-0.3, -0.25) is 4.98 Å². The molecule has 1 heterocycles. The highest BCUT2D eigenvalue weighted by molar-refractivity contribution is 5.90. The lowest BCUT2D eigenvalue weighted by Gasteiger charge is -2.08. The third-order valence-corrected chi connectivity index (χ3v) is 3.15. The topological polar surface area (TPSA) is 77.5 Å². The van der Waals surface area contributed by atoms with E-state index in [1.54, 1.807) is 37.4 Å². The summed E-state index contributed by atoms with van der Waals surface area (Å²) in [4.78, 5) is 27.5. The Morgan fingerprint density at radius 2 is 1.96 bits per heavy atom. The maximum Gasteiger partial charge on any atom is 0.412 e. The van der Waals surface area contributed by atoms with E-state index in [1.807, 2.05) is 13.0 Å². The van der Waals surface area contributed by atoms with Crippen molar-refractivity contribution in [2.45, 2.75) is 20.3 Å². The quantitative estimate of drug-likeness (QED) is 0.822. The molecule has 24 heavy (non-hydrogen) atoms. The second-order valence-electron chi connectivity index (χ2n) is 5.03. The van der Waals surface area contributed by atoms with Gasteiger partial charge in [-0.1, -0.05) is 19.1 Å². The monoisotopic (exact) mass is 328 g/mol. The third-order valence-electron chi connectivity index (χ3n) is 3.15. The summed E-state index contributed by atoms with van der Waals surface area (Å²) < 4.78 is 10.2. The van der Waals surface area contributed by atoms with Gasteiger partial charge in [-0.05, 0) is 37.1 Å². The number of rotatable bonds is 6. The first-order valence-electron chi connectivity index (χ1n) is 7.82. The van der Waals surface area contributed by atoms with Gasteiger partial charge in [0, 0.05) is 24.5 Å². The van der Waals surface area contributed by atoms with Gasteiger partial charge in [-0.15, -0.1) is 0 Å². The summed E-state index contributed by atoms with van der Waals surface area (Å²) >= 11 is 0. The van der Waals surface area contributed by atoms with Crippen LogP contribution in [0.15, 0.2) is 42.7 Å². The van der Waals surface area contributed by atoms with Crippen LogP contribution in [-0.4, -0.2) is 30.2 Å². The smallest absolute Gasteiger partial charge is 0.412 e. The van der Waals surface area contributed by atoms with Gasteiger partial charge < -0.3 is 14.8 Å².